The van der Waals surface area contributed by atoms with Crippen LogP contribution in [0, 0.1) is 5.41 Å². The van der Waals surface area contributed by atoms with Crippen LogP contribution in [0.5, 0.6) is 0 Å². The van der Waals surface area contributed by atoms with Gasteiger partial charge >= 0.3 is 5.97 Å². The van der Waals surface area contributed by atoms with E-state index in [1.54, 1.807) is 7.11 Å². The zero-order chi connectivity index (χ0) is 28.6. The minimum Gasteiger partial charge on any atom is -0.465 e. The summed E-state index contributed by atoms with van der Waals surface area (Å²) in [7, 11) is 1.75. The lowest BCUT2D eigenvalue weighted by atomic mass is 9.84. The van der Waals surface area contributed by atoms with Crippen molar-refractivity contribution >= 4 is 38.5 Å². The smallest absolute Gasteiger partial charge is 0.302 e. The first-order valence-corrected chi connectivity index (χ1v) is 15.4. The molecule has 0 spiro atoms. The fraction of sp³-hybridized carbons (Fsp3) is 0.562. The van der Waals surface area contributed by atoms with Crippen molar-refractivity contribution in [1.82, 2.24) is 14.5 Å². The van der Waals surface area contributed by atoms with Gasteiger partial charge in [0.05, 0.1) is 36.0 Å². The molecule has 3 aromatic rings. The summed E-state index contributed by atoms with van der Waals surface area (Å²) in [5.41, 5.74) is 6.58. The molecule has 7 nitrogen and oxygen atoms in total. The number of piperazine rings is 1. The Morgan fingerprint density at radius 3 is 2.52 bits per heavy atom. The van der Waals surface area contributed by atoms with Crippen LogP contribution in [0.2, 0.25) is 0 Å². The largest absolute Gasteiger partial charge is 0.465 e. The number of pyridine rings is 1. The minimum atomic E-state index is -0.257. The number of methoxy groups -OCH3 is 1. The Hall–Kier alpha value is -2.42. The van der Waals surface area contributed by atoms with Gasteiger partial charge in [0, 0.05) is 79.2 Å². The van der Waals surface area contributed by atoms with E-state index in [0.29, 0.717) is 6.61 Å². The lowest BCUT2D eigenvalue weighted by Crippen LogP contribution is -2.47. The maximum atomic E-state index is 11.7. The van der Waals surface area contributed by atoms with Crippen molar-refractivity contribution in [1.29, 1.82) is 0 Å². The molecule has 2 aliphatic rings. The molecule has 216 valence electrons. The van der Waals surface area contributed by atoms with Gasteiger partial charge in [0.25, 0.3) is 0 Å². The molecule has 2 aromatic heterocycles. The van der Waals surface area contributed by atoms with E-state index in [0.717, 1.165) is 66.6 Å². The van der Waals surface area contributed by atoms with Crippen molar-refractivity contribution in [2.75, 3.05) is 44.8 Å². The molecule has 2 fully saturated rings. The van der Waals surface area contributed by atoms with Gasteiger partial charge < -0.3 is 18.9 Å². The summed E-state index contributed by atoms with van der Waals surface area (Å²) in [6, 6.07) is 9.67. The van der Waals surface area contributed by atoms with Crippen LogP contribution in [0.3, 0.4) is 0 Å². The molecule has 40 heavy (non-hydrogen) atoms. The summed E-state index contributed by atoms with van der Waals surface area (Å²) in [6.07, 6.45) is 5.32. The normalized spacial score (nSPS) is 17.4. The van der Waals surface area contributed by atoms with Gasteiger partial charge in [-0.25, -0.2) is 0 Å². The van der Waals surface area contributed by atoms with E-state index in [1.807, 2.05) is 6.20 Å². The highest BCUT2D eigenvalue weighted by molar-refractivity contribution is 9.10. The molecule has 1 saturated carbocycles. The van der Waals surface area contributed by atoms with Gasteiger partial charge in [0.1, 0.15) is 0 Å². The summed E-state index contributed by atoms with van der Waals surface area (Å²) >= 11 is 3.72. The topological polar surface area (TPSA) is 59.8 Å². The van der Waals surface area contributed by atoms with E-state index in [1.165, 1.54) is 41.9 Å². The van der Waals surface area contributed by atoms with E-state index in [-0.39, 0.29) is 17.5 Å². The van der Waals surface area contributed by atoms with Crippen LogP contribution < -0.4 is 4.90 Å². The van der Waals surface area contributed by atoms with Crippen LogP contribution in [0.25, 0.3) is 22.2 Å². The molecule has 1 atom stereocenters. The molecule has 1 aliphatic heterocycles. The van der Waals surface area contributed by atoms with Crippen molar-refractivity contribution in [3.8, 4) is 11.3 Å². The third-order valence-corrected chi connectivity index (χ3v) is 8.90. The number of nitrogens with zero attached hydrogens (tertiary/aromatic N) is 4. The zero-order valence-corrected chi connectivity index (χ0v) is 26.4. The maximum absolute atomic E-state index is 11.7. The third-order valence-electron chi connectivity index (χ3n) is 8.41. The molecule has 1 aliphatic carbocycles. The summed E-state index contributed by atoms with van der Waals surface area (Å²) < 4.78 is 14.8. The van der Waals surface area contributed by atoms with Gasteiger partial charge in [-0.3, -0.25) is 14.7 Å². The lowest BCUT2D eigenvalue weighted by Gasteiger charge is -2.36. The van der Waals surface area contributed by atoms with Crippen LogP contribution in [0.15, 0.2) is 34.9 Å². The molecule has 0 amide bonds. The summed E-state index contributed by atoms with van der Waals surface area (Å²) in [6.45, 7) is 15.5. The van der Waals surface area contributed by atoms with Crippen molar-refractivity contribution in [2.24, 2.45) is 5.41 Å². The Morgan fingerprint density at radius 1 is 1.18 bits per heavy atom. The number of fused-ring (bicyclic) bond motifs is 1. The molecule has 8 heteroatoms. The van der Waals surface area contributed by atoms with Gasteiger partial charge in [-0.1, -0.05) is 29.8 Å². The number of aryl methyl sites for hydroxylation is 1. The Balaban J connectivity index is 1.65. The highest BCUT2D eigenvalue weighted by Gasteiger charge is 2.32. The number of rotatable bonds is 10. The molecule has 3 heterocycles. The molecule has 1 aromatic carbocycles. The number of carbonyl (C=O) groups is 1. The number of carbonyl (C=O) groups excluding carboxylic acids is 1. The van der Waals surface area contributed by atoms with Gasteiger partial charge in [0.15, 0.2) is 0 Å². The number of hydrogen-bond acceptors (Lipinski definition) is 6. The number of halogens is 1. The first-order valence-electron chi connectivity index (χ1n) is 14.6. The Bertz CT molecular complexity index is 1370. The fourth-order valence-corrected chi connectivity index (χ4v) is 6.45. The van der Waals surface area contributed by atoms with Crippen molar-refractivity contribution in [2.45, 2.75) is 72.6 Å². The molecule has 1 unspecified atom stereocenters. The van der Waals surface area contributed by atoms with Crippen LogP contribution in [0.1, 0.15) is 64.8 Å². The molecule has 1 saturated heterocycles. The number of ether oxygens (including phenoxy) is 2. The molecule has 5 rings (SSSR count). The van der Waals surface area contributed by atoms with Crippen molar-refractivity contribution in [3.05, 3.63) is 46.2 Å². The van der Waals surface area contributed by atoms with Gasteiger partial charge in [-0.15, -0.1) is 0 Å². The average molecular weight is 612 g/mol. The highest BCUT2D eigenvalue weighted by Crippen LogP contribution is 2.42. The van der Waals surface area contributed by atoms with Crippen molar-refractivity contribution in [3.63, 3.8) is 0 Å². The van der Waals surface area contributed by atoms with E-state index in [4.69, 9.17) is 14.5 Å². The lowest BCUT2D eigenvalue weighted by molar-refractivity contribution is -0.143. The van der Waals surface area contributed by atoms with E-state index in [9.17, 15) is 4.79 Å². The monoisotopic (exact) mass is 610 g/mol. The predicted molar refractivity (Wildman–Crippen MR) is 165 cm³/mol. The number of hydrogen-bond donors (Lipinski definition) is 0. The van der Waals surface area contributed by atoms with E-state index < -0.39 is 0 Å². The van der Waals surface area contributed by atoms with Crippen LogP contribution >= 0.6 is 15.9 Å². The van der Waals surface area contributed by atoms with E-state index in [2.05, 4.69) is 82.3 Å². The van der Waals surface area contributed by atoms with Crippen LogP contribution in [-0.4, -0.2) is 66.4 Å². The molecular formula is C32H43BrN4O3. The summed E-state index contributed by atoms with van der Waals surface area (Å²) in [5, 5.41) is 1.21. The quantitative estimate of drug-likeness (QED) is 0.241. The number of anilines is 1. The Morgan fingerprint density at radius 2 is 1.90 bits per heavy atom. The molecule has 0 N–H and O–H groups in total. The second-order valence-electron chi connectivity index (χ2n) is 12.1. The molecule has 0 bridgehead atoms. The fourth-order valence-electron chi connectivity index (χ4n) is 6.09. The second kappa shape index (κ2) is 11.8. The second-order valence-corrected chi connectivity index (χ2v) is 13.0. The maximum Gasteiger partial charge on any atom is 0.302 e. The minimum absolute atomic E-state index is 0.160. The first kappa shape index (κ1) is 29.1. The number of esters is 1. The van der Waals surface area contributed by atoms with Crippen LogP contribution in [-0.2, 0) is 27.2 Å². The SMILES string of the molecule is CCn1c(-c2cc(N3CCN(C4CC4)CC3)cnc2C(C)OC)c(CC(C)(C)COC(C)=O)c2cc(Br)ccc21. The van der Waals surface area contributed by atoms with Crippen LogP contribution in [0.4, 0.5) is 5.69 Å². The summed E-state index contributed by atoms with van der Waals surface area (Å²) in [5.74, 6) is -0.248. The molecule has 0 radical (unpaired) electrons. The van der Waals surface area contributed by atoms with Gasteiger partial charge in [-0.2, -0.15) is 0 Å². The number of aromatic nitrogens is 2. The summed E-state index contributed by atoms with van der Waals surface area (Å²) in [4.78, 5) is 21.9. The van der Waals surface area contributed by atoms with E-state index >= 15 is 0 Å². The third kappa shape index (κ3) is 6.09. The molecular weight excluding hydrogens is 568 g/mol. The zero-order valence-electron chi connectivity index (χ0n) is 24.8. The van der Waals surface area contributed by atoms with Gasteiger partial charge in [0.2, 0.25) is 0 Å². The number of benzene rings is 1. The Labute approximate surface area is 247 Å². The Kier molecular flexibility index (Phi) is 8.60. The highest BCUT2D eigenvalue weighted by atomic mass is 79.9. The van der Waals surface area contributed by atoms with Gasteiger partial charge in [-0.05, 0) is 62.9 Å². The first-order chi connectivity index (χ1) is 19.1. The predicted octanol–water partition coefficient (Wildman–Crippen LogP) is 6.61. The van der Waals surface area contributed by atoms with Crippen molar-refractivity contribution < 1.29 is 14.3 Å². The standard InChI is InChI=1S/C32H43BrN4O3/c1-7-37-29-11-8-23(33)16-26(29)28(18-32(4,5)20-40-22(3)38)31(37)27-17-25(19-34-30(27)21(2)39-6)36-14-12-35(13-15-36)24-9-10-24/h8,11,16-17,19,21,24H,7,9-10,12-15,18,20H2,1-6H3. The average Bonchev–Trinajstić information content (AvgIpc) is 3.75.